The molecule has 2 nitrogen and oxygen atoms in total. The predicted molar refractivity (Wildman–Crippen MR) is 64.2 cm³/mol. The van der Waals surface area contributed by atoms with Crippen molar-refractivity contribution < 1.29 is 9.53 Å². The third-order valence-electron chi connectivity index (χ3n) is 3.54. The van der Waals surface area contributed by atoms with Crippen molar-refractivity contribution in [3.8, 4) is 0 Å². The van der Waals surface area contributed by atoms with Crippen LogP contribution in [0.4, 0.5) is 0 Å². The summed E-state index contributed by atoms with van der Waals surface area (Å²) in [7, 11) is 0. The zero-order valence-electron chi connectivity index (χ0n) is 9.33. The van der Waals surface area contributed by atoms with Crippen molar-refractivity contribution in [3.63, 3.8) is 0 Å². The van der Waals surface area contributed by atoms with Gasteiger partial charge in [0, 0.05) is 17.4 Å². The maximum Gasteiger partial charge on any atom is 0.178 e. The lowest BCUT2D eigenvalue weighted by Crippen LogP contribution is -2.13. The van der Waals surface area contributed by atoms with Crippen LogP contribution in [-0.4, -0.2) is 19.0 Å². The fourth-order valence-electron chi connectivity index (χ4n) is 2.55. The second kappa shape index (κ2) is 4.30. The quantitative estimate of drug-likeness (QED) is 0.738. The van der Waals surface area contributed by atoms with Crippen molar-refractivity contribution in [1.82, 2.24) is 0 Å². The minimum atomic E-state index is 0.125. The first kappa shape index (κ1) is 10.5. The largest absolute Gasteiger partial charge is 0.381 e. The molecule has 1 atom stereocenters. The third kappa shape index (κ3) is 1.82. The van der Waals surface area contributed by atoms with Crippen LogP contribution in [0.25, 0.3) is 0 Å². The van der Waals surface area contributed by atoms with Gasteiger partial charge in [-0.15, -0.1) is 11.3 Å². The minimum Gasteiger partial charge on any atom is -0.381 e. The lowest BCUT2D eigenvalue weighted by atomic mass is 9.97. The molecule has 3 heteroatoms. The molecule has 2 heterocycles. The van der Waals surface area contributed by atoms with Gasteiger partial charge in [0.25, 0.3) is 0 Å². The molecule has 0 aromatic carbocycles. The van der Waals surface area contributed by atoms with E-state index in [0.29, 0.717) is 12.4 Å². The Kier molecular flexibility index (Phi) is 2.82. The Hall–Kier alpha value is -0.670. The Morgan fingerprint density at radius 1 is 1.38 bits per heavy atom. The molecule has 0 amide bonds. The van der Waals surface area contributed by atoms with Gasteiger partial charge < -0.3 is 4.74 Å². The van der Waals surface area contributed by atoms with Crippen molar-refractivity contribution in [2.24, 2.45) is 5.92 Å². The first-order valence-electron chi connectivity index (χ1n) is 6.08. The summed E-state index contributed by atoms with van der Waals surface area (Å²) < 4.78 is 5.29. The van der Waals surface area contributed by atoms with Gasteiger partial charge in [-0.1, -0.05) is 0 Å². The summed E-state index contributed by atoms with van der Waals surface area (Å²) in [6, 6.07) is 2.14. The highest BCUT2D eigenvalue weighted by Crippen LogP contribution is 2.32. The number of thiophene rings is 1. The zero-order valence-corrected chi connectivity index (χ0v) is 10.1. The average Bonchev–Trinajstić information content (AvgIpc) is 2.97. The van der Waals surface area contributed by atoms with Crippen LogP contribution in [-0.2, 0) is 17.6 Å². The smallest absolute Gasteiger partial charge is 0.178 e. The van der Waals surface area contributed by atoms with Crippen LogP contribution in [0.5, 0.6) is 0 Å². The van der Waals surface area contributed by atoms with E-state index in [9.17, 15) is 4.79 Å². The van der Waals surface area contributed by atoms with Gasteiger partial charge in [-0.3, -0.25) is 4.79 Å². The van der Waals surface area contributed by atoms with E-state index >= 15 is 0 Å². The maximum atomic E-state index is 12.2. The van der Waals surface area contributed by atoms with Gasteiger partial charge >= 0.3 is 0 Å². The Labute approximate surface area is 99.6 Å². The number of aryl methyl sites for hydroxylation is 2. The van der Waals surface area contributed by atoms with Crippen LogP contribution in [0.3, 0.4) is 0 Å². The van der Waals surface area contributed by atoms with Crippen LogP contribution >= 0.6 is 11.3 Å². The summed E-state index contributed by atoms with van der Waals surface area (Å²) in [5, 5.41) is 0. The molecule has 1 aliphatic carbocycles. The number of carbonyl (C=O) groups excluding carboxylic acids is 1. The number of rotatable bonds is 2. The Balaban J connectivity index is 1.83. The molecule has 1 aromatic heterocycles. The lowest BCUT2D eigenvalue weighted by molar-refractivity contribution is 0.0904. The number of Topliss-reactive ketones (excluding diaryl/α,β-unsaturated/α-hetero) is 1. The van der Waals surface area contributed by atoms with Crippen LogP contribution in [0.15, 0.2) is 6.07 Å². The molecule has 2 aliphatic rings. The van der Waals surface area contributed by atoms with E-state index in [4.69, 9.17) is 4.74 Å². The molecule has 3 rings (SSSR count). The van der Waals surface area contributed by atoms with E-state index < -0.39 is 0 Å². The first-order chi connectivity index (χ1) is 7.84. The summed E-state index contributed by atoms with van der Waals surface area (Å²) in [5.41, 5.74) is 1.43. The van der Waals surface area contributed by atoms with Crippen molar-refractivity contribution in [1.29, 1.82) is 0 Å². The molecule has 0 spiro atoms. The molecule has 0 N–H and O–H groups in total. The number of hydrogen-bond acceptors (Lipinski definition) is 3. The minimum absolute atomic E-state index is 0.125. The fourth-order valence-corrected chi connectivity index (χ4v) is 3.83. The standard InChI is InChI=1S/C13H16O2S/c14-13(10-5-6-15-8-10)12-7-9-3-1-2-4-11(9)16-12/h7,10H,1-6,8H2. The number of fused-ring (bicyclic) bond motifs is 1. The van der Waals surface area contributed by atoms with E-state index in [0.717, 1.165) is 17.9 Å². The summed E-state index contributed by atoms with van der Waals surface area (Å²) in [6.45, 7) is 1.38. The first-order valence-corrected chi connectivity index (χ1v) is 6.90. The maximum absolute atomic E-state index is 12.2. The highest BCUT2D eigenvalue weighted by Gasteiger charge is 2.27. The van der Waals surface area contributed by atoms with Crippen LogP contribution in [0.1, 0.15) is 39.4 Å². The Bertz CT molecular complexity index is 379. The van der Waals surface area contributed by atoms with E-state index in [1.54, 1.807) is 11.3 Å². The van der Waals surface area contributed by atoms with E-state index in [1.807, 2.05) is 0 Å². The molecule has 1 saturated heterocycles. The lowest BCUT2D eigenvalue weighted by Gasteiger charge is -2.08. The predicted octanol–water partition coefficient (Wildman–Crippen LogP) is 2.85. The van der Waals surface area contributed by atoms with E-state index in [2.05, 4.69) is 6.07 Å². The van der Waals surface area contributed by atoms with Gasteiger partial charge in [0.15, 0.2) is 5.78 Å². The topological polar surface area (TPSA) is 26.3 Å². The van der Waals surface area contributed by atoms with Crippen molar-refractivity contribution >= 4 is 17.1 Å². The molecule has 0 radical (unpaired) electrons. The zero-order chi connectivity index (χ0) is 11.0. The molecule has 0 saturated carbocycles. The normalized spacial score (nSPS) is 24.4. The van der Waals surface area contributed by atoms with E-state index in [1.165, 1.54) is 36.1 Å². The van der Waals surface area contributed by atoms with Gasteiger partial charge in [0.1, 0.15) is 0 Å². The highest BCUT2D eigenvalue weighted by molar-refractivity contribution is 7.14. The molecule has 1 fully saturated rings. The van der Waals surface area contributed by atoms with Crippen molar-refractivity contribution in [3.05, 3.63) is 21.4 Å². The summed E-state index contributed by atoms with van der Waals surface area (Å²) >= 11 is 1.73. The van der Waals surface area contributed by atoms with Gasteiger partial charge in [0.05, 0.1) is 11.5 Å². The Morgan fingerprint density at radius 3 is 3.00 bits per heavy atom. The number of hydrogen-bond donors (Lipinski definition) is 0. The summed E-state index contributed by atoms with van der Waals surface area (Å²) in [5.74, 6) is 0.442. The highest BCUT2D eigenvalue weighted by atomic mass is 32.1. The molecule has 1 unspecified atom stereocenters. The number of carbonyl (C=O) groups is 1. The summed E-state index contributed by atoms with van der Waals surface area (Å²) in [4.78, 5) is 14.6. The van der Waals surface area contributed by atoms with Gasteiger partial charge in [-0.25, -0.2) is 0 Å². The monoisotopic (exact) mass is 236 g/mol. The van der Waals surface area contributed by atoms with Gasteiger partial charge in [-0.05, 0) is 43.7 Å². The van der Waals surface area contributed by atoms with Crippen molar-refractivity contribution in [2.75, 3.05) is 13.2 Å². The molecule has 86 valence electrons. The molecule has 16 heavy (non-hydrogen) atoms. The molecule has 0 bridgehead atoms. The SMILES string of the molecule is O=C(c1cc2c(s1)CCCC2)C1CCOC1. The third-order valence-corrected chi connectivity index (χ3v) is 4.79. The molecular formula is C13H16O2S. The van der Waals surface area contributed by atoms with Crippen LogP contribution < -0.4 is 0 Å². The van der Waals surface area contributed by atoms with Gasteiger partial charge in [0.2, 0.25) is 0 Å². The molecule has 1 aromatic rings. The second-order valence-electron chi connectivity index (χ2n) is 4.69. The van der Waals surface area contributed by atoms with Crippen LogP contribution in [0, 0.1) is 5.92 Å². The van der Waals surface area contributed by atoms with E-state index in [-0.39, 0.29) is 5.92 Å². The average molecular weight is 236 g/mol. The Morgan fingerprint density at radius 2 is 2.25 bits per heavy atom. The fraction of sp³-hybridized carbons (Fsp3) is 0.615. The summed E-state index contributed by atoms with van der Waals surface area (Å²) in [6.07, 6.45) is 5.81. The van der Waals surface area contributed by atoms with Crippen molar-refractivity contribution in [2.45, 2.75) is 32.1 Å². The number of ether oxygens (including phenoxy) is 1. The molecule has 1 aliphatic heterocycles. The molecular weight excluding hydrogens is 220 g/mol. The van der Waals surface area contributed by atoms with Crippen LogP contribution in [0.2, 0.25) is 0 Å². The van der Waals surface area contributed by atoms with Gasteiger partial charge in [-0.2, -0.15) is 0 Å². The second-order valence-corrected chi connectivity index (χ2v) is 5.83. The number of ketones is 1.